The van der Waals surface area contributed by atoms with Crippen LogP contribution < -0.4 is 4.72 Å². The summed E-state index contributed by atoms with van der Waals surface area (Å²) in [4.78, 5) is 4.28. The molecule has 0 saturated heterocycles. The first-order valence-corrected chi connectivity index (χ1v) is 6.13. The van der Waals surface area contributed by atoms with Gasteiger partial charge in [0.15, 0.2) is 0 Å². The van der Waals surface area contributed by atoms with E-state index < -0.39 is 0 Å². The zero-order chi connectivity index (χ0) is 11.5. The normalized spacial score (nSPS) is 13.9. The van der Waals surface area contributed by atoms with Crippen LogP contribution in [0.4, 0.5) is 0 Å². The predicted molar refractivity (Wildman–Crippen MR) is 68.1 cm³/mol. The molecule has 0 amide bonds. The molecular weight excluding hydrogens is 228 g/mol. The molecule has 0 saturated carbocycles. The van der Waals surface area contributed by atoms with Gasteiger partial charge in [-0.2, -0.15) is 0 Å². The Morgan fingerprint density at radius 3 is 2.67 bits per heavy atom. The summed E-state index contributed by atoms with van der Waals surface area (Å²) in [5.41, 5.74) is 0.972. The quantitative estimate of drug-likeness (QED) is 0.818. The van der Waals surface area contributed by atoms with Crippen LogP contribution in [0.3, 0.4) is 0 Å². The Hall–Kier alpha value is -0.250. The molecule has 1 heterocycles. The largest absolute Gasteiger partial charge is 0.260 e. The zero-order valence-electron chi connectivity index (χ0n) is 9.54. The van der Waals surface area contributed by atoms with E-state index in [1.165, 1.54) is 0 Å². The highest BCUT2D eigenvalue weighted by Crippen LogP contribution is 2.24. The summed E-state index contributed by atoms with van der Waals surface area (Å²) in [5, 5.41) is 0.731. The van der Waals surface area contributed by atoms with Crippen LogP contribution in [0.5, 0.6) is 0 Å². The average Bonchev–Trinajstić information content (AvgIpc) is 2.13. The van der Waals surface area contributed by atoms with Gasteiger partial charge in [0.05, 0.1) is 11.7 Å². The number of pyridine rings is 1. The molecule has 0 spiro atoms. The Morgan fingerprint density at radius 2 is 2.13 bits per heavy atom. The first-order chi connectivity index (χ1) is 6.88. The number of nitrogens with zero attached hydrogens (tertiary/aromatic N) is 1. The zero-order valence-corrected chi connectivity index (χ0v) is 11.1. The molecule has 4 heteroatoms. The minimum absolute atomic E-state index is 0.201. The molecule has 0 aliphatic carbocycles. The average molecular weight is 245 g/mol. The van der Waals surface area contributed by atoms with E-state index in [4.69, 9.17) is 11.6 Å². The van der Waals surface area contributed by atoms with Crippen molar-refractivity contribution >= 4 is 23.5 Å². The van der Waals surface area contributed by atoms with Crippen molar-refractivity contribution in [2.45, 2.75) is 38.5 Å². The minimum Gasteiger partial charge on any atom is -0.260 e. The maximum Gasteiger partial charge on any atom is 0.0593 e. The Morgan fingerprint density at radius 1 is 1.47 bits per heavy atom. The minimum atomic E-state index is 0.201. The molecule has 0 unspecified atom stereocenters. The van der Waals surface area contributed by atoms with Crippen LogP contribution in [0.1, 0.15) is 39.4 Å². The number of hydrogen-bond donors (Lipinski definition) is 1. The topological polar surface area (TPSA) is 24.9 Å². The molecule has 0 aromatic carbocycles. The lowest BCUT2D eigenvalue weighted by Crippen LogP contribution is -2.20. The molecule has 0 bridgehead atoms. The van der Waals surface area contributed by atoms with Crippen LogP contribution in [-0.4, -0.2) is 9.73 Å². The monoisotopic (exact) mass is 244 g/mol. The molecule has 0 aliphatic heterocycles. The van der Waals surface area contributed by atoms with Crippen molar-refractivity contribution in [1.82, 2.24) is 9.71 Å². The number of rotatable bonds is 3. The van der Waals surface area contributed by atoms with E-state index >= 15 is 0 Å². The van der Waals surface area contributed by atoms with Crippen molar-refractivity contribution in [3.8, 4) is 0 Å². The second-order valence-corrected chi connectivity index (χ2v) is 6.55. The fraction of sp³-hybridized carbons (Fsp3) is 0.545. The highest BCUT2D eigenvalue weighted by molar-refractivity contribution is 7.98. The van der Waals surface area contributed by atoms with Crippen molar-refractivity contribution in [1.29, 1.82) is 0 Å². The van der Waals surface area contributed by atoms with Crippen LogP contribution in [0, 0.1) is 0 Å². The second kappa shape index (κ2) is 5.19. The van der Waals surface area contributed by atoms with Gasteiger partial charge >= 0.3 is 0 Å². The van der Waals surface area contributed by atoms with Crippen molar-refractivity contribution in [3.05, 3.63) is 29.0 Å². The van der Waals surface area contributed by atoms with Gasteiger partial charge in [-0.05, 0) is 39.8 Å². The van der Waals surface area contributed by atoms with Crippen molar-refractivity contribution in [2.24, 2.45) is 0 Å². The standard InChI is InChI=1S/C11H17ClN2S/c1-8(14-15-11(2,3)4)10-7-9(12)5-6-13-10/h5-8,14H,1-4H3/t8-/m1/s1. The third-order valence-corrected chi connectivity index (χ3v) is 3.05. The van der Waals surface area contributed by atoms with Gasteiger partial charge in [0, 0.05) is 16.0 Å². The van der Waals surface area contributed by atoms with Gasteiger partial charge in [-0.1, -0.05) is 23.5 Å². The second-order valence-electron chi connectivity index (χ2n) is 4.45. The lowest BCUT2D eigenvalue weighted by molar-refractivity contribution is 0.704. The number of aromatic nitrogens is 1. The molecule has 1 aromatic heterocycles. The third kappa shape index (κ3) is 4.87. The summed E-state index contributed by atoms with van der Waals surface area (Å²) >= 11 is 7.61. The van der Waals surface area contributed by atoms with Crippen molar-refractivity contribution in [3.63, 3.8) is 0 Å². The first-order valence-electron chi connectivity index (χ1n) is 4.93. The smallest absolute Gasteiger partial charge is 0.0593 e. The van der Waals surface area contributed by atoms with Gasteiger partial charge in [0.2, 0.25) is 0 Å². The Labute approximate surface area is 101 Å². The molecule has 0 radical (unpaired) electrons. The molecule has 84 valence electrons. The van der Waals surface area contributed by atoms with E-state index in [0.717, 1.165) is 10.7 Å². The maximum atomic E-state index is 5.90. The van der Waals surface area contributed by atoms with Crippen molar-refractivity contribution < 1.29 is 0 Å². The SMILES string of the molecule is C[C@@H](NSC(C)(C)C)c1cc(Cl)ccn1. The highest BCUT2D eigenvalue weighted by Gasteiger charge is 2.14. The Balaban J connectivity index is 2.58. The maximum absolute atomic E-state index is 5.90. The highest BCUT2D eigenvalue weighted by atomic mass is 35.5. The summed E-state index contributed by atoms with van der Waals surface area (Å²) in [6, 6.07) is 3.88. The van der Waals surface area contributed by atoms with Gasteiger partial charge < -0.3 is 0 Å². The van der Waals surface area contributed by atoms with E-state index in [2.05, 4.69) is 37.4 Å². The van der Waals surface area contributed by atoms with Gasteiger partial charge in [-0.15, -0.1) is 0 Å². The third-order valence-electron chi connectivity index (χ3n) is 1.73. The van der Waals surface area contributed by atoms with Crippen LogP contribution in [0.25, 0.3) is 0 Å². The molecule has 2 nitrogen and oxygen atoms in total. The lowest BCUT2D eigenvalue weighted by Gasteiger charge is -2.21. The summed E-state index contributed by atoms with van der Waals surface area (Å²) in [6.07, 6.45) is 1.73. The fourth-order valence-corrected chi connectivity index (χ4v) is 1.80. The van der Waals surface area contributed by atoms with Gasteiger partial charge in [-0.25, -0.2) is 0 Å². The molecule has 0 aliphatic rings. The van der Waals surface area contributed by atoms with E-state index in [9.17, 15) is 0 Å². The van der Waals surface area contributed by atoms with Crippen molar-refractivity contribution in [2.75, 3.05) is 0 Å². The van der Waals surface area contributed by atoms with E-state index in [0.29, 0.717) is 0 Å². The van der Waals surface area contributed by atoms with Crippen LogP contribution in [0.15, 0.2) is 18.3 Å². The summed E-state index contributed by atoms with van der Waals surface area (Å²) in [6.45, 7) is 8.59. The number of nitrogens with one attached hydrogen (secondary N) is 1. The van der Waals surface area contributed by atoms with E-state index in [1.54, 1.807) is 24.2 Å². The van der Waals surface area contributed by atoms with Gasteiger partial charge in [0.25, 0.3) is 0 Å². The Bertz CT molecular complexity index is 323. The predicted octanol–water partition coefficient (Wildman–Crippen LogP) is 3.83. The number of hydrogen-bond acceptors (Lipinski definition) is 3. The Kier molecular flexibility index (Phi) is 4.44. The van der Waals surface area contributed by atoms with E-state index in [1.807, 2.05) is 6.07 Å². The molecule has 1 aromatic rings. The van der Waals surface area contributed by atoms with Crippen LogP contribution in [-0.2, 0) is 0 Å². The first kappa shape index (κ1) is 12.8. The lowest BCUT2D eigenvalue weighted by atomic mass is 10.2. The summed E-state index contributed by atoms with van der Waals surface area (Å²) in [5.74, 6) is 0. The fourth-order valence-electron chi connectivity index (χ4n) is 0.984. The van der Waals surface area contributed by atoms with Gasteiger partial charge in [0.1, 0.15) is 0 Å². The molecule has 1 rings (SSSR count). The van der Waals surface area contributed by atoms with Crippen LogP contribution >= 0.6 is 23.5 Å². The van der Waals surface area contributed by atoms with E-state index in [-0.39, 0.29) is 10.8 Å². The molecule has 1 atom stereocenters. The summed E-state index contributed by atoms with van der Waals surface area (Å²) < 4.78 is 3.56. The molecule has 15 heavy (non-hydrogen) atoms. The van der Waals surface area contributed by atoms with Crippen LogP contribution in [0.2, 0.25) is 5.02 Å². The molecular formula is C11H17ClN2S. The summed E-state index contributed by atoms with van der Waals surface area (Å²) in [7, 11) is 0. The molecule has 1 N–H and O–H groups in total. The van der Waals surface area contributed by atoms with Gasteiger partial charge in [-0.3, -0.25) is 9.71 Å². The molecule has 0 fully saturated rings. The number of halogens is 1.